The third-order valence-electron chi connectivity index (χ3n) is 3.52. The molecule has 17 heavy (non-hydrogen) atoms. The summed E-state index contributed by atoms with van der Waals surface area (Å²) < 4.78 is 5.49. The average Bonchev–Trinajstić information content (AvgIpc) is 2.26. The fourth-order valence-electron chi connectivity index (χ4n) is 2.81. The number of hydrogen-bond acceptors (Lipinski definition) is 3. The highest BCUT2D eigenvalue weighted by atomic mass is 16.6. The molecule has 1 saturated heterocycles. The Labute approximate surface area is 104 Å². The Kier molecular flexibility index (Phi) is 3.61. The molecule has 2 fully saturated rings. The zero-order chi connectivity index (χ0) is 12.5. The van der Waals surface area contributed by atoms with Gasteiger partial charge < -0.3 is 15.0 Å². The minimum absolute atomic E-state index is 0.143. The van der Waals surface area contributed by atoms with Crippen LogP contribution >= 0.6 is 0 Å². The Morgan fingerprint density at radius 2 is 2.00 bits per heavy atom. The number of rotatable bonds is 0. The molecule has 0 aromatic rings. The number of amides is 1. The Morgan fingerprint density at radius 1 is 1.29 bits per heavy atom. The lowest BCUT2D eigenvalue weighted by atomic mass is 9.88. The van der Waals surface area contributed by atoms with Crippen molar-refractivity contribution < 1.29 is 9.53 Å². The van der Waals surface area contributed by atoms with Crippen LogP contribution in [-0.4, -0.2) is 41.8 Å². The molecule has 2 atom stereocenters. The summed E-state index contributed by atoms with van der Waals surface area (Å²) in [6, 6.07) is 0.817. The van der Waals surface area contributed by atoms with Crippen molar-refractivity contribution in [3.8, 4) is 0 Å². The maximum atomic E-state index is 12.1. The van der Waals surface area contributed by atoms with E-state index in [9.17, 15) is 4.79 Å². The number of fused-ring (bicyclic) bond motifs is 1. The van der Waals surface area contributed by atoms with E-state index in [1.165, 1.54) is 19.3 Å². The van der Waals surface area contributed by atoms with Gasteiger partial charge in [-0.3, -0.25) is 0 Å². The van der Waals surface area contributed by atoms with E-state index in [-0.39, 0.29) is 6.09 Å². The first-order valence-electron chi connectivity index (χ1n) is 6.70. The second-order valence-corrected chi connectivity index (χ2v) is 6.09. The van der Waals surface area contributed by atoms with Gasteiger partial charge in [0.25, 0.3) is 0 Å². The van der Waals surface area contributed by atoms with E-state index < -0.39 is 5.60 Å². The van der Waals surface area contributed by atoms with E-state index in [1.54, 1.807) is 0 Å². The maximum Gasteiger partial charge on any atom is 0.410 e. The first-order valence-corrected chi connectivity index (χ1v) is 6.70. The highest BCUT2D eigenvalue weighted by Crippen LogP contribution is 2.26. The van der Waals surface area contributed by atoms with Gasteiger partial charge in [-0.2, -0.15) is 0 Å². The molecule has 4 heteroatoms. The summed E-state index contributed by atoms with van der Waals surface area (Å²) in [5.41, 5.74) is -0.397. The summed E-state index contributed by atoms with van der Waals surface area (Å²) in [5.74, 6) is 0. The van der Waals surface area contributed by atoms with Gasteiger partial charge in [-0.25, -0.2) is 4.79 Å². The third-order valence-corrected chi connectivity index (χ3v) is 3.52. The Balaban J connectivity index is 2.01. The van der Waals surface area contributed by atoms with Gasteiger partial charge in [0.05, 0.1) is 6.04 Å². The molecule has 0 aromatic heterocycles. The molecule has 1 aliphatic carbocycles. The molecule has 1 heterocycles. The van der Waals surface area contributed by atoms with Crippen molar-refractivity contribution in [1.82, 2.24) is 10.2 Å². The molecule has 0 aromatic carbocycles. The fourth-order valence-corrected chi connectivity index (χ4v) is 2.81. The second kappa shape index (κ2) is 4.84. The van der Waals surface area contributed by atoms with Gasteiger partial charge in [-0.15, -0.1) is 0 Å². The van der Waals surface area contributed by atoms with Crippen molar-refractivity contribution in [1.29, 1.82) is 0 Å². The summed E-state index contributed by atoms with van der Waals surface area (Å²) in [7, 11) is 0. The van der Waals surface area contributed by atoms with Crippen LogP contribution in [0.15, 0.2) is 0 Å². The van der Waals surface area contributed by atoms with Gasteiger partial charge in [0.1, 0.15) is 5.60 Å². The van der Waals surface area contributed by atoms with Gasteiger partial charge in [-0.05, 0) is 33.6 Å². The normalized spacial score (nSPS) is 29.7. The lowest BCUT2D eigenvalue weighted by Gasteiger charge is -2.44. The number of nitrogens with zero attached hydrogens (tertiary/aromatic N) is 1. The van der Waals surface area contributed by atoms with Crippen LogP contribution in [0.2, 0.25) is 0 Å². The van der Waals surface area contributed by atoms with Gasteiger partial charge in [-0.1, -0.05) is 12.8 Å². The fraction of sp³-hybridized carbons (Fsp3) is 0.923. The zero-order valence-electron chi connectivity index (χ0n) is 11.2. The van der Waals surface area contributed by atoms with Crippen molar-refractivity contribution in [3.63, 3.8) is 0 Å². The summed E-state index contributed by atoms with van der Waals surface area (Å²) in [4.78, 5) is 14.1. The minimum atomic E-state index is -0.397. The van der Waals surface area contributed by atoms with E-state index >= 15 is 0 Å². The number of piperazine rings is 1. The van der Waals surface area contributed by atoms with Crippen molar-refractivity contribution in [2.45, 2.75) is 64.1 Å². The van der Waals surface area contributed by atoms with Gasteiger partial charge in [0.2, 0.25) is 0 Å². The van der Waals surface area contributed by atoms with E-state index in [4.69, 9.17) is 4.74 Å². The smallest absolute Gasteiger partial charge is 0.410 e. The SMILES string of the molecule is CC(C)(C)OC(=O)N1CCNC2CCCCC21. The Hall–Kier alpha value is -0.770. The predicted octanol–water partition coefficient (Wildman–Crippen LogP) is 2.14. The van der Waals surface area contributed by atoms with E-state index in [0.717, 1.165) is 19.5 Å². The topological polar surface area (TPSA) is 41.6 Å². The zero-order valence-corrected chi connectivity index (χ0v) is 11.2. The lowest BCUT2D eigenvalue weighted by molar-refractivity contribution is 0.000269. The van der Waals surface area contributed by atoms with Crippen molar-refractivity contribution >= 4 is 6.09 Å². The standard InChI is InChI=1S/C13H24N2O2/c1-13(2,3)17-12(16)15-9-8-14-10-6-4-5-7-11(10)15/h10-11,14H,4-9H2,1-3H3. The molecule has 98 valence electrons. The molecule has 1 N–H and O–H groups in total. The molecule has 2 rings (SSSR count). The first kappa shape index (κ1) is 12.7. The van der Waals surface area contributed by atoms with E-state index in [0.29, 0.717) is 12.1 Å². The second-order valence-electron chi connectivity index (χ2n) is 6.09. The van der Waals surface area contributed by atoms with Crippen LogP contribution in [-0.2, 0) is 4.74 Å². The highest BCUT2D eigenvalue weighted by molar-refractivity contribution is 5.69. The molecule has 0 bridgehead atoms. The molecular weight excluding hydrogens is 216 g/mol. The molecule has 0 spiro atoms. The molecule has 1 amide bonds. The molecule has 2 aliphatic rings. The van der Waals surface area contributed by atoms with Gasteiger partial charge in [0, 0.05) is 19.1 Å². The molecule has 4 nitrogen and oxygen atoms in total. The Bertz CT molecular complexity index is 284. The summed E-state index contributed by atoms with van der Waals surface area (Å²) in [6.45, 7) is 7.43. The van der Waals surface area contributed by atoms with E-state index in [2.05, 4.69) is 5.32 Å². The van der Waals surface area contributed by atoms with Crippen LogP contribution in [0, 0.1) is 0 Å². The molecule has 1 aliphatic heterocycles. The quantitative estimate of drug-likeness (QED) is 0.705. The van der Waals surface area contributed by atoms with Crippen LogP contribution in [0.25, 0.3) is 0 Å². The van der Waals surface area contributed by atoms with Crippen LogP contribution in [0.4, 0.5) is 4.79 Å². The van der Waals surface area contributed by atoms with Crippen molar-refractivity contribution in [3.05, 3.63) is 0 Å². The van der Waals surface area contributed by atoms with Gasteiger partial charge in [0.15, 0.2) is 0 Å². The average molecular weight is 240 g/mol. The number of nitrogens with one attached hydrogen (secondary N) is 1. The summed E-state index contributed by atoms with van der Waals surface area (Å²) >= 11 is 0. The monoisotopic (exact) mass is 240 g/mol. The first-order chi connectivity index (χ1) is 7.97. The van der Waals surface area contributed by atoms with Crippen LogP contribution in [0.5, 0.6) is 0 Å². The number of hydrogen-bond donors (Lipinski definition) is 1. The largest absolute Gasteiger partial charge is 0.444 e. The molecule has 2 unspecified atom stereocenters. The van der Waals surface area contributed by atoms with Crippen LogP contribution in [0.3, 0.4) is 0 Å². The lowest BCUT2D eigenvalue weighted by Crippen LogP contribution is -2.61. The van der Waals surface area contributed by atoms with Gasteiger partial charge >= 0.3 is 6.09 Å². The summed E-state index contributed by atoms with van der Waals surface area (Å²) in [5, 5.41) is 3.52. The highest BCUT2D eigenvalue weighted by Gasteiger charge is 2.37. The van der Waals surface area contributed by atoms with Crippen LogP contribution in [0.1, 0.15) is 46.5 Å². The van der Waals surface area contributed by atoms with Crippen LogP contribution < -0.4 is 5.32 Å². The molecule has 0 radical (unpaired) electrons. The number of ether oxygens (including phenoxy) is 1. The van der Waals surface area contributed by atoms with Crippen molar-refractivity contribution in [2.75, 3.05) is 13.1 Å². The number of carbonyl (C=O) groups is 1. The maximum absolute atomic E-state index is 12.1. The third kappa shape index (κ3) is 3.12. The van der Waals surface area contributed by atoms with Crippen molar-refractivity contribution in [2.24, 2.45) is 0 Å². The van der Waals surface area contributed by atoms with E-state index in [1.807, 2.05) is 25.7 Å². The summed E-state index contributed by atoms with van der Waals surface area (Å²) in [6.07, 6.45) is 4.65. The minimum Gasteiger partial charge on any atom is -0.444 e. The number of carbonyl (C=O) groups excluding carboxylic acids is 1. The Morgan fingerprint density at radius 3 is 2.71 bits per heavy atom. The molecule has 1 saturated carbocycles. The predicted molar refractivity (Wildman–Crippen MR) is 67.0 cm³/mol. The molecular formula is C13H24N2O2.